The first kappa shape index (κ1) is 24.4. The summed E-state index contributed by atoms with van der Waals surface area (Å²) in [6.07, 6.45) is 2.15. The van der Waals surface area contributed by atoms with Gasteiger partial charge in [-0.15, -0.1) is 0 Å². The molecule has 0 spiro atoms. The van der Waals surface area contributed by atoms with Gasteiger partial charge in [0.25, 0.3) is 5.56 Å². The molecule has 2 aromatic carbocycles. The van der Waals surface area contributed by atoms with Gasteiger partial charge in [-0.3, -0.25) is 14.9 Å². The van der Waals surface area contributed by atoms with Crippen LogP contribution in [0, 0.1) is 10.1 Å². The second kappa shape index (κ2) is 10.6. The molecule has 3 aromatic rings. The summed E-state index contributed by atoms with van der Waals surface area (Å²) in [7, 11) is 0. The molecule has 10 heteroatoms. The van der Waals surface area contributed by atoms with E-state index in [0.717, 1.165) is 10.9 Å². The molecule has 0 saturated carbocycles. The lowest BCUT2D eigenvalue weighted by Gasteiger charge is -2.14. The summed E-state index contributed by atoms with van der Waals surface area (Å²) in [5.41, 5.74) is 0.419. The first-order valence-corrected chi connectivity index (χ1v) is 11.4. The maximum absolute atomic E-state index is 13.3. The van der Waals surface area contributed by atoms with Crippen molar-refractivity contribution in [1.82, 2.24) is 9.66 Å². The molecule has 0 fully saturated rings. The number of hydrogen-bond acceptors (Lipinski definition) is 7. The molecule has 0 N–H and O–H groups in total. The van der Waals surface area contributed by atoms with Crippen LogP contribution in [0.1, 0.15) is 51.4 Å². The van der Waals surface area contributed by atoms with Crippen molar-refractivity contribution in [2.24, 2.45) is 5.10 Å². The van der Waals surface area contributed by atoms with Crippen molar-refractivity contribution in [3.8, 4) is 11.5 Å². The number of nitro groups is 1. The lowest BCUT2D eigenvalue weighted by Crippen LogP contribution is -2.23. The van der Waals surface area contributed by atoms with E-state index in [9.17, 15) is 14.9 Å². The SMILES string of the molecule is CCOc1cc(C=Nn2c([C@H](C)CC)nc3ccc(Br)cc3c2=O)cc([N+](=O)[O-])c1OCC. The van der Waals surface area contributed by atoms with Gasteiger partial charge >= 0.3 is 5.69 Å². The molecule has 0 bridgehead atoms. The van der Waals surface area contributed by atoms with E-state index in [1.807, 2.05) is 19.9 Å². The highest BCUT2D eigenvalue weighted by molar-refractivity contribution is 9.10. The van der Waals surface area contributed by atoms with Crippen molar-refractivity contribution in [3.63, 3.8) is 0 Å². The summed E-state index contributed by atoms with van der Waals surface area (Å²) >= 11 is 3.39. The van der Waals surface area contributed by atoms with Gasteiger partial charge in [-0.05, 0) is 44.5 Å². The molecule has 1 heterocycles. The largest absolute Gasteiger partial charge is 0.490 e. The summed E-state index contributed by atoms with van der Waals surface area (Å²) < 4.78 is 13.0. The smallest absolute Gasteiger partial charge is 0.315 e. The zero-order chi connectivity index (χ0) is 24.1. The maximum atomic E-state index is 13.3. The van der Waals surface area contributed by atoms with Crippen molar-refractivity contribution in [2.45, 2.75) is 40.0 Å². The first-order chi connectivity index (χ1) is 15.8. The molecule has 9 nitrogen and oxygen atoms in total. The van der Waals surface area contributed by atoms with Gasteiger partial charge in [0.15, 0.2) is 5.75 Å². The quantitative estimate of drug-likeness (QED) is 0.218. The average Bonchev–Trinajstić information content (AvgIpc) is 2.79. The average molecular weight is 517 g/mol. The predicted octanol–water partition coefficient (Wildman–Crippen LogP) is 5.26. The summed E-state index contributed by atoms with van der Waals surface area (Å²) in [6.45, 7) is 8.04. The van der Waals surface area contributed by atoms with Crippen LogP contribution in [0.25, 0.3) is 10.9 Å². The van der Waals surface area contributed by atoms with E-state index >= 15 is 0 Å². The van der Waals surface area contributed by atoms with Crippen molar-refractivity contribution in [2.75, 3.05) is 13.2 Å². The summed E-state index contributed by atoms with van der Waals surface area (Å²) in [5.74, 6) is 0.789. The minimum atomic E-state index is -0.531. The van der Waals surface area contributed by atoms with Crippen molar-refractivity contribution in [3.05, 3.63) is 66.7 Å². The predicted molar refractivity (Wildman–Crippen MR) is 131 cm³/mol. The van der Waals surface area contributed by atoms with Crippen LogP contribution in [0.5, 0.6) is 11.5 Å². The highest BCUT2D eigenvalue weighted by atomic mass is 79.9. The number of aromatic nitrogens is 2. The fourth-order valence-corrected chi connectivity index (χ4v) is 3.64. The Morgan fingerprint density at radius 2 is 1.94 bits per heavy atom. The summed E-state index contributed by atoms with van der Waals surface area (Å²) in [5, 5.41) is 16.5. The third kappa shape index (κ3) is 5.22. The van der Waals surface area contributed by atoms with Crippen molar-refractivity contribution < 1.29 is 14.4 Å². The Balaban J connectivity index is 2.19. The number of hydrogen-bond donors (Lipinski definition) is 0. The summed E-state index contributed by atoms with van der Waals surface area (Å²) in [4.78, 5) is 29.0. The second-order valence-electron chi connectivity index (χ2n) is 7.29. The molecular formula is C23H25BrN4O5. The van der Waals surface area contributed by atoms with Crippen LogP contribution in [0.15, 0.2) is 44.7 Å². The minimum absolute atomic E-state index is 0.0310. The molecule has 0 saturated heterocycles. The number of benzene rings is 2. The van der Waals surface area contributed by atoms with Crippen LogP contribution in [-0.4, -0.2) is 34.0 Å². The molecule has 0 unspecified atom stereocenters. The molecular weight excluding hydrogens is 492 g/mol. The van der Waals surface area contributed by atoms with Gasteiger partial charge in [0.1, 0.15) is 5.82 Å². The van der Waals surface area contributed by atoms with Crippen LogP contribution < -0.4 is 15.0 Å². The number of nitrogens with zero attached hydrogens (tertiary/aromatic N) is 4. The van der Waals surface area contributed by atoms with Crippen LogP contribution >= 0.6 is 15.9 Å². The molecule has 1 aromatic heterocycles. The van der Waals surface area contributed by atoms with E-state index in [1.54, 1.807) is 32.0 Å². The van der Waals surface area contributed by atoms with Crippen LogP contribution in [0.4, 0.5) is 5.69 Å². The summed E-state index contributed by atoms with van der Waals surface area (Å²) in [6, 6.07) is 8.26. The van der Waals surface area contributed by atoms with E-state index in [0.29, 0.717) is 28.9 Å². The number of nitro benzene ring substituents is 1. The fourth-order valence-electron chi connectivity index (χ4n) is 3.27. The number of halogens is 1. The zero-order valence-electron chi connectivity index (χ0n) is 18.9. The number of rotatable bonds is 9. The highest BCUT2D eigenvalue weighted by Crippen LogP contribution is 2.38. The van der Waals surface area contributed by atoms with Gasteiger partial charge in [0, 0.05) is 22.0 Å². The van der Waals surface area contributed by atoms with E-state index in [2.05, 4.69) is 26.0 Å². The lowest BCUT2D eigenvalue weighted by atomic mass is 10.1. The van der Waals surface area contributed by atoms with Gasteiger partial charge in [0.05, 0.1) is 35.3 Å². The van der Waals surface area contributed by atoms with Crippen LogP contribution in [0.3, 0.4) is 0 Å². The molecule has 0 radical (unpaired) electrons. The Morgan fingerprint density at radius 1 is 1.21 bits per heavy atom. The molecule has 0 amide bonds. The number of fused-ring (bicyclic) bond motifs is 1. The van der Waals surface area contributed by atoms with Gasteiger partial charge in [-0.1, -0.05) is 29.8 Å². The topological polar surface area (TPSA) is 109 Å². The van der Waals surface area contributed by atoms with Gasteiger partial charge < -0.3 is 9.47 Å². The molecule has 33 heavy (non-hydrogen) atoms. The van der Waals surface area contributed by atoms with E-state index < -0.39 is 4.92 Å². The number of ether oxygens (including phenoxy) is 2. The molecule has 0 aliphatic rings. The second-order valence-corrected chi connectivity index (χ2v) is 8.21. The third-order valence-electron chi connectivity index (χ3n) is 5.05. The standard InChI is InChI=1S/C23H25BrN4O5/c1-5-14(4)22-26-18-9-8-16(24)12-17(18)23(29)27(22)25-13-15-10-19(28(30)31)21(33-7-3)20(11-15)32-6-2/h8-14H,5-7H2,1-4H3/t14-/m1/s1. The van der Waals surface area contributed by atoms with Gasteiger partial charge in [-0.2, -0.15) is 9.78 Å². The Hall–Kier alpha value is -3.27. The van der Waals surface area contributed by atoms with E-state index in [4.69, 9.17) is 9.47 Å². The van der Waals surface area contributed by atoms with Crippen molar-refractivity contribution in [1.29, 1.82) is 0 Å². The fraction of sp³-hybridized carbons (Fsp3) is 0.348. The van der Waals surface area contributed by atoms with Crippen molar-refractivity contribution >= 4 is 38.7 Å². The zero-order valence-corrected chi connectivity index (χ0v) is 20.5. The molecule has 3 rings (SSSR count). The van der Waals surface area contributed by atoms with E-state index in [-0.39, 0.29) is 35.3 Å². The van der Waals surface area contributed by atoms with Crippen LogP contribution in [-0.2, 0) is 0 Å². The first-order valence-electron chi connectivity index (χ1n) is 10.6. The van der Waals surface area contributed by atoms with Gasteiger partial charge in [0.2, 0.25) is 5.75 Å². The Bertz CT molecular complexity index is 1270. The monoisotopic (exact) mass is 516 g/mol. The third-order valence-corrected chi connectivity index (χ3v) is 5.54. The normalized spacial score (nSPS) is 12.3. The minimum Gasteiger partial charge on any atom is -0.490 e. The molecule has 1 atom stereocenters. The highest BCUT2D eigenvalue weighted by Gasteiger charge is 2.22. The van der Waals surface area contributed by atoms with Crippen LogP contribution in [0.2, 0.25) is 0 Å². The lowest BCUT2D eigenvalue weighted by molar-refractivity contribution is -0.385. The molecule has 0 aliphatic carbocycles. The Kier molecular flexibility index (Phi) is 7.80. The van der Waals surface area contributed by atoms with Gasteiger partial charge in [-0.25, -0.2) is 4.98 Å². The van der Waals surface area contributed by atoms with E-state index in [1.165, 1.54) is 17.0 Å². The molecule has 174 valence electrons. The maximum Gasteiger partial charge on any atom is 0.315 e. The molecule has 0 aliphatic heterocycles. The Morgan fingerprint density at radius 3 is 2.58 bits per heavy atom. The Labute approximate surface area is 199 Å².